The van der Waals surface area contributed by atoms with Gasteiger partial charge in [0.15, 0.2) is 5.75 Å². The van der Waals surface area contributed by atoms with Crippen LogP contribution in [-0.2, 0) is 0 Å². The fraction of sp³-hybridized carbons (Fsp3) is 0.150. The van der Waals surface area contributed by atoms with Crippen molar-refractivity contribution in [2.75, 3.05) is 5.43 Å². The first kappa shape index (κ1) is 19.9. The Morgan fingerprint density at radius 3 is 2.46 bits per heavy atom. The molecule has 8 heteroatoms. The molecule has 0 saturated carbocycles. The number of hydrazone groups is 1. The Morgan fingerprint density at radius 1 is 1.14 bits per heavy atom. The zero-order valence-corrected chi connectivity index (χ0v) is 16.8. The lowest BCUT2D eigenvalue weighted by atomic mass is 10.1. The normalized spacial score (nSPS) is 11.2. The van der Waals surface area contributed by atoms with Gasteiger partial charge < -0.3 is 4.74 Å². The SMILES string of the molecule is CC(C)Oc1c(Cl)cc(/C=N\Nc2nc(-c3ccccc3)cc(=O)[nH]2)cc1Cl. The van der Waals surface area contributed by atoms with Crippen LogP contribution >= 0.6 is 23.2 Å². The van der Waals surface area contributed by atoms with Crippen molar-refractivity contribution in [2.45, 2.75) is 20.0 Å². The van der Waals surface area contributed by atoms with Gasteiger partial charge in [-0.2, -0.15) is 5.10 Å². The minimum Gasteiger partial charge on any atom is -0.488 e. The van der Waals surface area contributed by atoms with Crippen LogP contribution in [0.2, 0.25) is 10.0 Å². The number of nitrogens with one attached hydrogen (secondary N) is 2. The summed E-state index contributed by atoms with van der Waals surface area (Å²) in [7, 11) is 0. The average molecular weight is 417 g/mol. The second-order valence-electron chi connectivity index (χ2n) is 6.20. The number of rotatable bonds is 6. The molecule has 28 heavy (non-hydrogen) atoms. The quantitative estimate of drug-likeness (QED) is 0.438. The van der Waals surface area contributed by atoms with Gasteiger partial charge in [0.1, 0.15) is 0 Å². The van der Waals surface area contributed by atoms with Crippen LogP contribution in [0.15, 0.2) is 58.4 Å². The third kappa shape index (κ3) is 5.12. The van der Waals surface area contributed by atoms with E-state index in [0.717, 1.165) is 5.56 Å². The van der Waals surface area contributed by atoms with Gasteiger partial charge in [-0.15, -0.1) is 0 Å². The Hall–Kier alpha value is -2.83. The van der Waals surface area contributed by atoms with Gasteiger partial charge in [0.05, 0.1) is 28.1 Å². The predicted molar refractivity (Wildman–Crippen MR) is 114 cm³/mol. The summed E-state index contributed by atoms with van der Waals surface area (Å²) in [6.07, 6.45) is 1.47. The van der Waals surface area contributed by atoms with Crippen LogP contribution in [0.5, 0.6) is 5.75 Å². The molecule has 0 aliphatic carbocycles. The molecule has 0 amide bonds. The highest BCUT2D eigenvalue weighted by atomic mass is 35.5. The molecule has 0 spiro atoms. The van der Waals surface area contributed by atoms with Crippen LogP contribution in [0, 0.1) is 0 Å². The predicted octanol–water partition coefficient (Wildman–Crippen LogP) is 4.98. The lowest BCUT2D eigenvalue weighted by molar-refractivity contribution is 0.243. The number of anilines is 1. The van der Waals surface area contributed by atoms with Gasteiger partial charge in [0.2, 0.25) is 5.95 Å². The minimum atomic E-state index is -0.284. The van der Waals surface area contributed by atoms with Crippen LogP contribution in [0.1, 0.15) is 19.4 Å². The maximum Gasteiger partial charge on any atom is 0.252 e. The van der Waals surface area contributed by atoms with Crippen molar-refractivity contribution < 1.29 is 4.74 Å². The molecule has 0 radical (unpaired) electrons. The van der Waals surface area contributed by atoms with Crippen molar-refractivity contribution in [1.82, 2.24) is 9.97 Å². The summed E-state index contributed by atoms with van der Waals surface area (Å²) in [4.78, 5) is 18.9. The summed E-state index contributed by atoms with van der Waals surface area (Å²) in [6.45, 7) is 3.78. The van der Waals surface area contributed by atoms with Crippen molar-refractivity contribution in [2.24, 2.45) is 5.10 Å². The molecule has 2 N–H and O–H groups in total. The molecule has 1 aromatic heterocycles. The molecule has 0 bridgehead atoms. The third-order valence-electron chi connectivity index (χ3n) is 3.57. The van der Waals surface area contributed by atoms with Crippen molar-refractivity contribution >= 4 is 35.4 Å². The van der Waals surface area contributed by atoms with Crippen LogP contribution in [0.3, 0.4) is 0 Å². The first-order chi connectivity index (χ1) is 13.4. The summed E-state index contributed by atoms with van der Waals surface area (Å²) in [6, 6.07) is 14.2. The fourth-order valence-corrected chi connectivity index (χ4v) is 3.03. The van der Waals surface area contributed by atoms with Crippen molar-refractivity contribution in [1.29, 1.82) is 0 Å². The molecule has 144 valence electrons. The second-order valence-corrected chi connectivity index (χ2v) is 7.01. The molecular weight excluding hydrogens is 399 g/mol. The van der Waals surface area contributed by atoms with E-state index < -0.39 is 0 Å². The topological polar surface area (TPSA) is 79.4 Å². The number of nitrogens with zero attached hydrogens (tertiary/aromatic N) is 2. The van der Waals surface area contributed by atoms with E-state index in [1.807, 2.05) is 44.2 Å². The lowest BCUT2D eigenvalue weighted by Crippen LogP contribution is -2.10. The van der Waals surface area contributed by atoms with Crippen molar-refractivity contribution in [3.8, 4) is 17.0 Å². The van der Waals surface area contributed by atoms with E-state index in [9.17, 15) is 4.79 Å². The molecule has 0 fully saturated rings. The molecular formula is C20H18Cl2N4O2. The van der Waals surface area contributed by atoms with Gasteiger partial charge in [-0.3, -0.25) is 9.78 Å². The second kappa shape index (κ2) is 8.91. The maximum absolute atomic E-state index is 11.9. The number of halogens is 2. The molecule has 3 rings (SSSR count). The van der Waals surface area contributed by atoms with E-state index in [1.54, 1.807) is 12.1 Å². The summed E-state index contributed by atoms with van der Waals surface area (Å²) < 4.78 is 5.60. The number of aromatic nitrogens is 2. The summed E-state index contributed by atoms with van der Waals surface area (Å²) in [5.74, 6) is 0.657. The molecule has 0 aliphatic rings. The van der Waals surface area contributed by atoms with Crippen molar-refractivity contribution in [3.05, 3.63) is 74.5 Å². The summed E-state index contributed by atoms with van der Waals surface area (Å²) in [5, 5.41) is 4.87. The van der Waals surface area contributed by atoms with E-state index in [4.69, 9.17) is 27.9 Å². The standard InChI is InChI=1S/C20H18Cl2N4O2/c1-12(2)28-19-15(21)8-13(9-16(19)22)11-23-26-20-24-17(10-18(27)25-20)14-6-4-3-5-7-14/h3-12H,1-2H3,(H2,24,25,26,27)/b23-11-. The Kier molecular flexibility index (Phi) is 6.34. The number of hydrogen-bond donors (Lipinski definition) is 2. The molecule has 0 aliphatic heterocycles. The van der Waals surface area contributed by atoms with E-state index >= 15 is 0 Å². The molecule has 0 unspecified atom stereocenters. The average Bonchev–Trinajstić information content (AvgIpc) is 2.65. The first-order valence-corrected chi connectivity index (χ1v) is 9.29. The van der Waals surface area contributed by atoms with Gasteiger partial charge in [0.25, 0.3) is 5.56 Å². The number of benzene rings is 2. The Morgan fingerprint density at radius 2 is 1.82 bits per heavy atom. The highest BCUT2D eigenvalue weighted by Crippen LogP contribution is 2.34. The number of ether oxygens (including phenoxy) is 1. The maximum atomic E-state index is 11.9. The van der Waals surface area contributed by atoms with Gasteiger partial charge in [-0.1, -0.05) is 53.5 Å². The number of H-pyrrole nitrogens is 1. The van der Waals surface area contributed by atoms with E-state index in [1.165, 1.54) is 12.3 Å². The monoisotopic (exact) mass is 416 g/mol. The largest absolute Gasteiger partial charge is 0.488 e. The minimum absolute atomic E-state index is 0.0454. The number of hydrogen-bond acceptors (Lipinski definition) is 5. The van der Waals surface area contributed by atoms with Gasteiger partial charge in [-0.05, 0) is 31.5 Å². The highest BCUT2D eigenvalue weighted by molar-refractivity contribution is 6.37. The molecule has 3 aromatic rings. The Labute approximate surface area is 172 Å². The van der Waals surface area contributed by atoms with Crippen LogP contribution < -0.4 is 15.7 Å². The van der Waals surface area contributed by atoms with Crippen LogP contribution in [0.4, 0.5) is 5.95 Å². The highest BCUT2D eigenvalue weighted by Gasteiger charge is 2.10. The van der Waals surface area contributed by atoms with Crippen molar-refractivity contribution in [3.63, 3.8) is 0 Å². The van der Waals surface area contributed by atoms with Gasteiger partial charge in [-0.25, -0.2) is 10.4 Å². The Bertz CT molecular complexity index is 1030. The molecule has 6 nitrogen and oxygen atoms in total. The smallest absolute Gasteiger partial charge is 0.252 e. The van der Waals surface area contributed by atoms with E-state index in [2.05, 4.69) is 20.5 Å². The zero-order chi connectivity index (χ0) is 20.1. The van der Waals surface area contributed by atoms with Crippen LogP contribution in [-0.4, -0.2) is 22.3 Å². The van der Waals surface area contributed by atoms with Gasteiger partial charge >= 0.3 is 0 Å². The molecule has 1 heterocycles. The lowest BCUT2D eigenvalue weighted by Gasteiger charge is -2.13. The van der Waals surface area contributed by atoms with E-state index in [-0.39, 0.29) is 17.6 Å². The first-order valence-electron chi connectivity index (χ1n) is 8.54. The molecule has 2 aromatic carbocycles. The summed E-state index contributed by atoms with van der Waals surface area (Å²) >= 11 is 12.5. The van der Waals surface area contributed by atoms with Crippen LogP contribution in [0.25, 0.3) is 11.3 Å². The fourth-order valence-electron chi connectivity index (χ4n) is 2.44. The van der Waals surface area contributed by atoms with E-state index in [0.29, 0.717) is 27.1 Å². The third-order valence-corrected chi connectivity index (χ3v) is 4.13. The summed E-state index contributed by atoms with van der Waals surface area (Å²) in [5.41, 5.74) is 4.48. The zero-order valence-electron chi connectivity index (χ0n) is 15.2. The Balaban J connectivity index is 1.78. The molecule has 0 saturated heterocycles. The molecule has 0 atom stereocenters. The number of aromatic amines is 1. The van der Waals surface area contributed by atoms with Gasteiger partial charge in [0, 0.05) is 11.6 Å².